The van der Waals surface area contributed by atoms with E-state index in [1.807, 2.05) is 24.0 Å². The molecule has 30 heavy (non-hydrogen) atoms. The summed E-state index contributed by atoms with van der Waals surface area (Å²) in [6.07, 6.45) is 1.78. The second-order valence-corrected chi connectivity index (χ2v) is 7.78. The summed E-state index contributed by atoms with van der Waals surface area (Å²) in [5.41, 5.74) is 1.71. The van der Waals surface area contributed by atoms with Gasteiger partial charge in [-0.15, -0.1) is 0 Å². The Bertz CT molecular complexity index is 1110. The molecule has 4 heterocycles. The number of ether oxygens (including phenoxy) is 2. The molecule has 1 amide bonds. The Hall–Kier alpha value is -3.07. The highest BCUT2D eigenvalue weighted by Crippen LogP contribution is 2.38. The van der Waals surface area contributed by atoms with E-state index in [9.17, 15) is 4.79 Å². The molecule has 0 aliphatic carbocycles. The molecule has 3 aromatic rings. The number of carbonyl (C=O) groups is 1. The van der Waals surface area contributed by atoms with Gasteiger partial charge in [0.05, 0.1) is 11.4 Å². The number of nitrogens with zero attached hydrogens (tertiary/aromatic N) is 6. The first kappa shape index (κ1) is 18.9. The Morgan fingerprint density at radius 2 is 1.93 bits per heavy atom. The van der Waals surface area contributed by atoms with Gasteiger partial charge in [-0.2, -0.15) is 14.6 Å². The molecule has 0 unspecified atom stereocenters. The smallest absolute Gasteiger partial charge is 0.254 e. The predicted molar refractivity (Wildman–Crippen MR) is 110 cm³/mol. The van der Waals surface area contributed by atoms with Gasteiger partial charge >= 0.3 is 0 Å². The number of fused-ring (bicyclic) bond motifs is 2. The molecule has 2 aliphatic heterocycles. The Morgan fingerprint density at radius 1 is 1.13 bits per heavy atom. The van der Waals surface area contributed by atoms with Crippen LogP contribution in [0, 0.1) is 6.92 Å². The van der Waals surface area contributed by atoms with Gasteiger partial charge in [0, 0.05) is 37.9 Å². The van der Waals surface area contributed by atoms with E-state index in [0.717, 1.165) is 17.1 Å². The third-order valence-corrected chi connectivity index (χ3v) is 5.61. The van der Waals surface area contributed by atoms with Crippen LogP contribution in [0.5, 0.6) is 11.5 Å². The molecule has 1 saturated heterocycles. The van der Waals surface area contributed by atoms with E-state index in [0.29, 0.717) is 61.7 Å². The van der Waals surface area contributed by atoms with E-state index >= 15 is 0 Å². The molecular formula is C20H21ClN6O3. The lowest BCUT2D eigenvalue weighted by Gasteiger charge is -2.36. The number of aryl methyl sites for hydroxylation is 1. The quantitative estimate of drug-likeness (QED) is 0.628. The Kier molecular flexibility index (Phi) is 4.82. The van der Waals surface area contributed by atoms with Crippen molar-refractivity contribution in [2.75, 3.05) is 44.3 Å². The molecule has 0 N–H and O–H groups in total. The molecule has 10 heteroatoms. The van der Waals surface area contributed by atoms with E-state index < -0.39 is 0 Å². The van der Waals surface area contributed by atoms with E-state index in [2.05, 4.69) is 20.0 Å². The van der Waals surface area contributed by atoms with Crippen LogP contribution in [-0.2, 0) is 11.2 Å². The van der Waals surface area contributed by atoms with Gasteiger partial charge in [-0.05, 0) is 24.6 Å². The number of hydrogen-bond donors (Lipinski definition) is 0. The van der Waals surface area contributed by atoms with Crippen molar-refractivity contribution < 1.29 is 14.3 Å². The third kappa shape index (κ3) is 3.49. The molecule has 0 spiro atoms. The van der Waals surface area contributed by atoms with Crippen LogP contribution in [0.1, 0.15) is 11.3 Å². The van der Waals surface area contributed by atoms with E-state index in [1.165, 1.54) is 6.33 Å². The lowest BCUT2D eigenvalue weighted by molar-refractivity contribution is -0.130. The molecule has 5 rings (SSSR count). The normalized spacial score (nSPS) is 16.2. The zero-order chi connectivity index (χ0) is 20.7. The molecule has 2 aliphatic rings. The summed E-state index contributed by atoms with van der Waals surface area (Å²) in [5.74, 6) is 2.75. The van der Waals surface area contributed by atoms with Crippen LogP contribution in [0.15, 0.2) is 24.5 Å². The van der Waals surface area contributed by atoms with Gasteiger partial charge in [0.15, 0.2) is 11.5 Å². The van der Waals surface area contributed by atoms with E-state index in [-0.39, 0.29) is 12.3 Å². The molecule has 9 nitrogen and oxygen atoms in total. The fourth-order valence-electron chi connectivity index (χ4n) is 3.87. The molecule has 0 saturated carbocycles. The van der Waals surface area contributed by atoms with Crippen LogP contribution >= 0.6 is 11.6 Å². The average molecular weight is 429 g/mol. The predicted octanol–water partition coefficient (Wildman–Crippen LogP) is 1.75. The monoisotopic (exact) mass is 428 g/mol. The molecule has 0 radical (unpaired) electrons. The maximum Gasteiger partial charge on any atom is 0.254 e. The Labute approximate surface area is 178 Å². The van der Waals surface area contributed by atoms with Gasteiger partial charge in [0.2, 0.25) is 5.91 Å². The number of benzene rings is 1. The van der Waals surface area contributed by atoms with Crippen molar-refractivity contribution in [3.8, 4) is 11.5 Å². The zero-order valence-corrected chi connectivity index (χ0v) is 17.3. The number of hydrogen-bond acceptors (Lipinski definition) is 7. The average Bonchev–Trinajstić information content (AvgIpc) is 3.22. The zero-order valence-electron chi connectivity index (χ0n) is 16.5. The standard InChI is InChI=1S/C20H21ClN6O3/c1-13-8-17(27-20(24-13)22-12-23-27)25-2-4-26(5-3-25)18(28)11-14-9-15(21)19-16(10-14)29-6-7-30-19/h8-10,12H,2-7,11H2,1H3. The summed E-state index contributed by atoms with van der Waals surface area (Å²) in [6.45, 7) is 5.60. The van der Waals surface area contributed by atoms with Crippen molar-refractivity contribution >= 4 is 29.1 Å². The second-order valence-electron chi connectivity index (χ2n) is 7.37. The number of carbonyl (C=O) groups excluding carboxylic acids is 1. The summed E-state index contributed by atoms with van der Waals surface area (Å²) in [5, 5.41) is 4.75. The fourth-order valence-corrected chi connectivity index (χ4v) is 4.16. The van der Waals surface area contributed by atoms with Gasteiger partial charge in [0.25, 0.3) is 5.78 Å². The number of anilines is 1. The second kappa shape index (κ2) is 7.64. The van der Waals surface area contributed by atoms with E-state index in [1.54, 1.807) is 10.6 Å². The summed E-state index contributed by atoms with van der Waals surface area (Å²) < 4.78 is 12.9. The molecule has 2 aromatic heterocycles. The van der Waals surface area contributed by atoms with Crippen molar-refractivity contribution in [3.63, 3.8) is 0 Å². The highest BCUT2D eigenvalue weighted by atomic mass is 35.5. The van der Waals surface area contributed by atoms with Crippen molar-refractivity contribution in [2.24, 2.45) is 0 Å². The first-order valence-corrected chi connectivity index (χ1v) is 10.2. The molecule has 0 atom stereocenters. The fraction of sp³-hybridized carbons (Fsp3) is 0.400. The molecule has 1 aromatic carbocycles. The van der Waals surface area contributed by atoms with Gasteiger partial charge < -0.3 is 19.3 Å². The number of aromatic nitrogens is 4. The lowest BCUT2D eigenvalue weighted by Crippen LogP contribution is -2.49. The molecule has 156 valence electrons. The van der Waals surface area contributed by atoms with Crippen molar-refractivity contribution in [1.29, 1.82) is 0 Å². The van der Waals surface area contributed by atoms with Crippen molar-refractivity contribution in [1.82, 2.24) is 24.5 Å². The lowest BCUT2D eigenvalue weighted by atomic mass is 10.1. The summed E-state index contributed by atoms with van der Waals surface area (Å²) >= 11 is 6.30. The third-order valence-electron chi connectivity index (χ3n) is 5.33. The largest absolute Gasteiger partial charge is 0.486 e. The van der Waals surface area contributed by atoms with Crippen LogP contribution < -0.4 is 14.4 Å². The van der Waals surface area contributed by atoms with Crippen LogP contribution in [0.2, 0.25) is 5.02 Å². The highest BCUT2D eigenvalue weighted by Gasteiger charge is 2.24. The maximum atomic E-state index is 12.9. The minimum atomic E-state index is 0.0687. The van der Waals surface area contributed by atoms with Crippen LogP contribution in [0.25, 0.3) is 5.78 Å². The summed E-state index contributed by atoms with van der Waals surface area (Å²) in [6, 6.07) is 5.62. The topological polar surface area (TPSA) is 85.1 Å². The first-order valence-electron chi connectivity index (χ1n) is 9.86. The van der Waals surface area contributed by atoms with Crippen LogP contribution in [-0.4, -0.2) is 69.8 Å². The number of amides is 1. The van der Waals surface area contributed by atoms with Crippen molar-refractivity contribution in [2.45, 2.75) is 13.3 Å². The minimum Gasteiger partial charge on any atom is -0.486 e. The van der Waals surface area contributed by atoms with Gasteiger partial charge in [0.1, 0.15) is 25.4 Å². The number of halogens is 1. The highest BCUT2D eigenvalue weighted by molar-refractivity contribution is 6.32. The van der Waals surface area contributed by atoms with E-state index in [4.69, 9.17) is 21.1 Å². The molecular weight excluding hydrogens is 408 g/mol. The number of piperazine rings is 1. The minimum absolute atomic E-state index is 0.0687. The Balaban J connectivity index is 1.26. The van der Waals surface area contributed by atoms with Crippen LogP contribution in [0.3, 0.4) is 0 Å². The SMILES string of the molecule is Cc1cc(N2CCN(C(=O)Cc3cc(Cl)c4c(c3)OCCO4)CC2)n2ncnc2n1. The van der Waals surface area contributed by atoms with Gasteiger partial charge in [-0.3, -0.25) is 4.79 Å². The van der Waals surface area contributed by atoms with Gasteiger partial charge in [-0.25, -0.2) is 4.98 Å². The maximum absolute atomic E-state index is 12.9. The molecule has 0 bridgehead atoms. The summed E-state index contributed by atoms with van der Waals surface area (Å²) in [7, 11) is 0. The van der Waals surface area contributed by atoms with Crippen molar-refractivity contribution in [3.05, 3.63) is 40.8 Å². The van der Waals surface area contributed by atoms with Gasteiger partial charge in [-0.1, -0.05) is 11.6 Å². The first-order chi connectivity index (χ1) is 14.6. The number of rotatable bonds is 3. The molecule has 1 fully saturated rings. The van der Waals surface area contributed by atoms with Crippen LogP contribution in [0.4, 0.5) is 5.82 Å². The summed E-state index contributed by atoms with van der Waals surface area (Å²) in [4.78, 5) is 25.5. The Morgan fingerprint density at radius 3 is 2.77 bits per heavy atom.